The summed E-state index contributed by atoms with van der Waals surface area (Å²) in [6.07, 6.45) is 3.08. The van der Waals surface area contributed by atoms with Gasteiger partial charge in [-0.2, -0.15) is 0 Å². The monoisotopic (exact) mass is 375 g/mol. The fourth-order valence-electron chi connectivity index (χ4n) is 4.31. The van der Waals surface area contributed by atoms with E-state index in [2.05, 4.69) is 38.1 Å². The van der Waals surface area contributed by atoms with Gasteiger partial charge in [0.1, 0.15) is 5.82 Å². The van der Waals surface area contributed by atoms with Gasteiger partial charge in [0.2, 0.25) is 0 Å². The molecule has 1 aliphatic rings. The Labute approximate surface area is 166 Å². The number of fused-ring (bicyclic) bond motifs is 3. The van der Waals surface area contributed by atoms with Crippen molar-refractivity contribution in [2.24, 2.45) is 0 Å². The average Bonchev–Trinajstić information content (AvgIpc) is 2.87. The first-order chi connectivity index (χ1) is 13.6. The van der Waals surface area contributed by atoms with Crippen molar-refractivity contribution in [2.75, 3.05) is 7.11 Å². The van der Waals surface area contributed by atoms with Gasteiger partial charge >= 0.3 is 0 Å². The minimum Gasteiger partial charge on any atom is -0.380 e. The SMILES string of the molecule is COCc1c(C(C)C)nc2c(c1-c1ccc(F)cc1)CCCc1ccccc1-2. The lowest BCUT2D eigenvalue weighted by Crippen LogP contribution is -2.09. The lowest BCUT2D eigenvalue weighted by atomic mass is 9.87. The predicted octanol–water partition coefficient (Wildman–Crippen LogP) is 6.31. The quantitative estimate of drug-likeness (QED) is 0.533. The zero-order valence-corrected chi connectivity index (χ0v) is 16.8. The molecule has 1 aliphatic carbocycles. The first-order valence-electron chi connectivity index (χ1n) is 9.99. The van der Waals surface area contributed by atoms with Crippen LogP contribution in [0.25, 0.3) is 22.4 Å². The maximum Gasteiger partial charge on any atom is 0.123 e. The van der Waals surface area contributed by atoms with E-state index >= 15 is 0 Å². The molecule has 1 aromatic heterocycles. The van der Waals surface area contributed by atoms with Crippen LogP contribution < -0.4 is 0 Å². The summed E-state index contributed by atoms with van der Waals surface area (Å²) in [6.45, 7) is 4.85. The summed E-state index contributed by atoms with van der Waals surface area (Å²) in [5.41, 5.74) is 9.32. The van der Waals surface area contributed by atoms with Crippen LogP contribution in [-0.4, -0.2) is 12.1 Å². The van der Waals surface area contributed by atoms with Crippen LogP contribution in [0, 0.1) is 5.82 Å². The summed E-state index contributed by atoms with van der Waals surface area (Å²) in [5.74, 6) is 0.0525. The molecule has 3 aromatic rings. The summed E-state index contributed by atoms with van der Waals surface area (Å²) < 4.78 is 19.2. The molecular weight excluding hydrogens is 349 g/mol. The van der Waals surface area contributed by atoms with E-state index in [1.165, 1.54) is 22.3 Å². The van der Waals surface area contributed by atoms with Crippen molar-refractivity contribution in [1.82, 2.24) is 4.98 Å². The Balaban J connectivity index is 2.08. The molecule has 0 unspecified atom stereocenters. The van der Waals surface area contributed by atoms with Crippen molar-refractivity contribution in [2.45, 2.75) is 45.6 Å². The highest BCUT2D eigenvalue weighted by Gasteiger charge is 2.25. The van der Waals surface area contributed by atoms with Crippen LogP contribution in [0.2, 0.25) is 0 Å². The minimum atomic E-state index is -0.216. The van der Waals surface area contributed by atoms with Crippen LogP contribution in [0.15, 0.2) is 48.5 Å². The summed E-state index contributed by atoms with van der Waals surface area (Å²) in [7, 11) is 1.72. The number of aromatic nitrogens is 1. The van der Waals surface area contributed by atoms with Crippen LogP contribution in [0.4, 0.5) is 4.39 Å². The zero-order valence-electron chi connectivity index (χ0n) is 16.8. The van der Waals surface area contributed by atoms with Crippen molar-refractivity contribution in [1.29, 1.82) is 0 Å². The second-order valence-electron chi connectivity index (χ2n) is 7.78. The molecule has 0 radical (unpaired) electrons. The third-order valence-electron chi connectivity index (χ3n) is 5.54. The number of hydrogen-bond donors (Lipinski definition) is 0. The standard InChI is InChI=1S/C25H26FNO/c1-16(2)24-22(15-28-3)23(18-11-13-19(26)14-12-18)21-10-6-8-17-7-4-5-9-20(17)25(21)27-24/h4-5,7,9,11-14,16H,6,8,10,15H2,1-3H3. The largest absolute Gasteiger partial charge is 0.380 e. The summed E-state index contributed by atoms with van der Waals surface area (Å²) >= 11 is 0. The van der Waals surface area contributed by atoms with Gasteiger partial charge in [-0.3, -0.25) is 4.98 Å². The Kier molecular flexibility index (Phi) is 5.27. The molecule has 1 heterocycles. The van der Waals surface area contributed by atoms with E-state index in [0.29, 0.717) is 6.61 Å². The second kappa shape index (κ2) is 7.84. The highest BCUT2D eigenvalue weighted by molar-refractivity contribution is 5.81. The predicted molar refractivity (Wildman–Crippen MR) is 112 cm³/mol. The first kappa shape index (κ1) is 18.8. The molecule has 144 valence electrons. The molecular formula is C25H26FNO. The van der Waals surface area contributed by atoms with Crippen LogP contribution in [0.5, 0.6) is 0 Å². The number of benzene rings is 2. The third kappa shape index (κ3) is 3.35. The Hall–Kier alpha value is -2.52. The van der Waals surface area contributed by atoms with Crippen LogP contribution in [-0.2, 0) is 24.2 Å². The number of hydrogen-bond acceptors (Lipinski definition) is 2. The van der Waals surface area contributed by atoms with Gasteiger partial charge in [-0.25, -0.2) is 4.39 Å². The smallest absolute Gasteiger partial charge is 0.123 e. The summed E-state index contributed by atoms with van der Waals surface area (Å²) in [6, 6.07) is 15.4. The Morgan fingerprint density at radius 3 is 2.50 bits per heavy atom. The molecule has 0 spiro atoms. The van der Waals surface area contributed by atoms with Crippen molar-refractivity contribution in [3.8, 4) is 22.4 Å². The van der Waals surface area contributed by atoms with Crippen molar-refractivity contribution in [3.63, 3.8) is 0 Å². The first-order valence-corrected chi connectivity index (χ1v) is 9.99. The van der Waals surface area contributed by atoms with E-state index in [1.807, 2.05) is 12.1 Å². The molecule has 4 rings (SSSR count). The number of methoxy groups -OCH3 is 1. The fraction of sp³-hybridized carbons (Fsp3) is 0.320. The lowest BCUT2D eigenvalue weighted by molar-refractivity contribution is 0.184. The van der Waals surface area contributed by atoms with Crippen molar-refractivity contribution in [3.05, 3.63) is 76.7 Å². The summed E-state index contributed by atoms with van der Waals surface area (Å²) in [4.78, 5) is 5.18. The maximum absolute atomic E-state index is 13.6. The zero-order chi connectivity index (χ0) is 19.7. The molecule has 0 saturated carbocycles. The van der Waals surface area contributed by atoms with E-state index in [-0.39, 0.29) is 11.7 Å². The van der Waals surface area contributed by atoms with E-state index in [9.17, 15) is 4.39 Å². The van der Waals surface area contributed by atoms with Crippen molar-refractivity contribution >= 4 is 0 Å². The maximum atomic E-state index is 13.6. The summed E-state index contributed by atoms with van der Waals surface area (Å²) in [5, 5.41) is 0. The lowest BCUT2D eigenvalue weighted by Gasteiger charge is -2.23. The number of halogens is 1. The average molecular weight is 375 g/mol. The fourth-order valence-corrected chi connectivity index (χ4v) is 4.31. The van der Waals surface area contributed by atoms with Gasteiger partial charge in [-0.15, -0.1) is 0 Å². The van der Waals surface area contributed by atoms with Gasteiger partial charge < -0.3 is 4.74 Å². The highest BCUT2D eigenvalue weighted by Crippen LogP contribution is 2.41. The van der Waals surface area contributed by atoms with E-state index in [0.717, 1.165) is 41.8 Å². The molecule has 0 aliphatic heterocycles. The molecule has 0 amide bonds. The van der Waals surface area contributed by atoms with Gasteiger partial charge in [0.05, 0.1) is 12.3 Å². The Morgan fingerprint density at radius 1 is 1.04 bits per heavy atom. The highest BCUT2D eigenvalue weighted by atomic mass is 19.1. The molecule has 0 fully saturated rings. The van der Waals surface area contributed by atoms with E-state index in [1.54, 1.807) is 19.2 Å². The molecule has 0 saturated heterocycles. The molecule has 28 heavy (non-hydrogen) atoms. The van der Waals surface area contributed by atoms with E-state index in [4.69, 9.17) is 9.72 Å². The van der Waals surface area contributed by atoms with E-state index < -0.39 is 0 Å². The van der Waals surface area contributed by atoms with Gasteiger partial charge in [0.15, 0.2) is 0 Å². The van der Waals surface area contributed by atoms with Gasteiger partial charge in [-0.1, -0.05) is 50.2 Å². The van der Waals surface area contributed by atoms with Crippen molar-refractivity contribution < 1.29 is 9.13 Å². The number of pyridine rings is 1. The van der Waals surface area contributed by atoms with Gasteiger partial charge in [0.25, 0.3) is 0 Å². The Morgan fingerprint density at radius 2 is 1.79 bits per heavy atom. The topological polar surface area (TPSA) is 22.1 Å². The molecule has 3 heteroatoms. The number of aryl methyl sites for hydroxylation is 1. The molecule has 0 atom stereocenters. The van der Waals surface area contributed by atoms with Crippen LogP contribution >= 0.6 is 0 Å². The minimum absolute atomic E-state index is 0.216. The van der Waals surface area contributed by atoms with Gasteiger partial charge in [0, 0.05) is 23.9 Å². The van der Waals surface area contributed by atoms with Crippen LogP contribution in [0.3, 0.4) is 0 Å². The Bertz CT molecular complexity index is 992. The number of ether oxygens (including phenoxy) is 1. The number of rotatable bonds is 4. The van der Waals surface area contributed by atoms with Crippen LogP contribution in [0.1, 0.15) is 48.6 Å². The normalized spacial score (nSPS) is 13.2. The number of nitrogens with zero attached hydrogens (tertiary/aromatic N) is 1. The third-order valence-corrected chi connectivity index (χ3v) is 5.54. The molecule has 0 N–H and O–H groups in total. The molecule has 2 nitrogen and oxygen atoms in total. The second-order valence-corrected chi connectivity index (χ2v) is 7.78. The molecule has 2 aromatic carbocycles. The van der Waals surface area contributed by atoms with Gasteiger partial charge in [-0.05, 0) is 59.6 Å². The molecule has 0 bridgehead atoms.